The fraction of sp³-hybridized carbons (Fsp3) is 0.385. The summed E-state index contributed by atoms with van der Waals surface area (Å²) < 4.78 is 0. The molecule has 1 amide bonds. The summed E-state index contributed by atoms with van der Waals surface area (Å²) in [5.74, 6) is 0.104. The van der Waals surface area contributed by atoms with Crippen molar-refractivity contribution in [1.29, 1.82) is 0 Å². The van der Waals surface area contributed by atoms with Crippen molar-refractivity contribution in [1.82, 2.24) is 4.90 Å². The Morgan fingerprint density at radius 3 is 2.69 bits per heavy atom. The minimum atomic E-state index is 0.104. The maximum Gasteiger partial charge on any atom is 0.219 e. The predicted octanol–water partition coefficient (Wildman–Crippen LogP) is 1.97. The molecule has 0 atom stereocenters. The van der Waals surface area contributed by atoms with Crippen LogP contribution in [-0.4, -0.2) is 37.2 Å². The summed E-state index contributed by atoms with van der Waals surface area (Å²) in [6, 6.07) is 10.0. The van der Waals surface area contributed by atoms with Gasteiger partial charge in [0.1, 0.15) is 0 Å². The van der Waals surface area contributed by atoms with Crippen LogP contribution in [0.25, 0.3) is 0 Å². The molecular formula is C13H18N2O. The van der Waals surface area contributed by atoms with Crippen LogP contribution in [0.5, 0.6) is 0 Å². The van der Waals surface area contributed by atoms with E-state index in [2.05, 4.69) is 4.99 Å². The van der Waals surface area contributed by atoms with E-state index in [1.165, 1.54) is 0 Å². The van der Waals surface area contributed by atoms with Crippen LogP contribution in [0, 0.1) is 0 Å². The molecule has 0 saturated carbocycles. The van der Waals surface area contributed by atoms with Crippen LogP contribution in [0.15, 0.2) is 35.3 Å². The third kappa shape index (κ3) is 4.73. The van der Waals surface area contributed by atoms with Crippen LogP contribution in [0.1, 0.15) is 18.9 Å². The van der Waals surface area contributed by atoms with E-state index in [-0.39, 0.29) is 5.91 Å². The first-order chi connectivity index (χ1) is 7.70. The van der Waals surface area contributed by atoms with Crippen LogP contribution in [0.3, 0.4) is 0 Å². The number of carbonyl (C=O) groups is 1. The fourth-order valence-corrected chi connectivity index (χ4v) is 1.27. The highest BCUT2D eigenvalue weighted by molar-refractivity contribution is 5.79. The van der Waals surface area contributed by atoms with E-state index in [1.54, 1.807) is 11.8 Å². The van der Waals surface area contributed by atoms with Gasteiger partial charge in [0.15, 0.2) is 0 Å². The van der Waals surface area contributed by atoms with Gasteiger partial charge in [-0.2, -0.15) is 0 Å². The average Bonchev–Trinajstić information content (AvgIpc) is 2.29. The molecule has 0 fully saturated rings. The van der Waals surface area contributed by atoms with E-state index < -0.39 is 0 Å². The number of hydrogen-bond acceptors (Lipinski definition) is 2. The van der Waals surface area contributed by atoms with Gasteiger partial charge in [0.2, 0.25) is 5.91 Å². The van der Waals surface area contributed by atoms with Gasteiger partial charge >= 0.3 is 0 Å². The summed E-state index contributed by atoms with van der Waals surface area (Å²) in [6.45, 7) is 3.10. The zero-order valence-electron chi connectivity index (χ0n) is 9.89. The minimum Gasteiger partial charge on any atom is -0.346 e. The van der Waals surface area contributed by atoms with Gasteiger partial charge < -0.3 is 4.90 Å². The van der Waals surface area contributed by atoms with E-state index in [9.17, 15) is 4.79 Å². The third-order valence-electron chi connectivity index (χ3n) is 2.36. The highest BCUT2D eigenvalue weighted by Gasteiger charge is 1.99. The van der Waals surface area contributed by atoms with Crippen molar-refractivity contribution in [2.45, 2.75) is 13.3 Å². The van der Waals surface area contributed by atoms with Gasteiger partial charge in [0.05, 0.1) is 0 Å². The second-order valence-corrected chi connectivity index (χ2v) is 3.74. The number of hydrogen-bond donors (Lipinski definition) is 0. The van der Waals surface area contributed by atoms with E-state index in [1.807, 2.05) is 43.6 Å². The largest absolute Gasteiger partial charge is 0.346 e. The lowest BCUT2D eigenvalue weighted by Gasteiger charge is -2.12. The molecule has 86 valence electrons. The summed E-state index contributed by atoms with van der Waals surface area (Å²) in [4.78, 5) is 16.9. The molecule has 0 aliphatic heterocycles. The molecule has 0 bridgehead atoms. The summed E-state index contributed by atoms with van der Waals surface area (Å²) in [5, 5.41) is 0. The molecular weight excluding hydrogens is 200 g/mol. The number of rotatable bonds is 5. The SMILES string of the molecule is CC(=O)N(C)CCCN=Cc1ccccc1. The van der Waals surface area contributed by atoms with E-state index in [4.69, 9.17) is 0 Å². The number of benzene rings is 1. The standard InChI is InChI=1S/C13H18N2O/c1-12(16)15(2)10-6-9-14-11-13-7-4-3-5-8-13/h3-5,7-8,11H,6,9-10H2,1-2H3. The smallest absolute Gasteiger partial charge is 0.219 e. The van der Waals surface area contributed by atoms with Crippen LogP contribution in [-0.2, 0) is 4.79 Å². The van der Waals surface area contributed by atoms with Gasteiger partial charge in [-0.15, -0.1) is 0 Å². The van der Waals surface area contributed by atoms with E-state index in [0.29, 0.717) is 0 Å². The Labute approximate surface area is 96.8 Å². The molecule has 0 unspecified atom stereocenters. The van der Waals surface area contributed by atoms with Crippen molar-refractivity contribution in [3.05, 3.63) is 35.9 Å². The van der Waals surface area contributed by atoms with Crippen molar-refractivity contribution >= 4 is 12.1 Å². The van der Waals surface area contributed by atoms with Crippen molar-refractivity contribution in [3.8, 4) is 0 Å². The second-order valence-electron chi connectivity index (χ2n) is 3.74. The van der Waals surface area contributed by atoms with Gasteiger partial charge in [0.25, 0.3) is 0 Å². The zero-order valence-corrected chi connectivity index (χ0v) is 9.89. The van der Waals surface area contributed by atoms with Crippen molar-refractivity contribution in [2.24, 2.45) is 4.99 Å². The number of amides is 1. The predicted molar refractivity (Wildman–Crippen MR) is 66.8 cm³/mol. The molecule has 0 aliphatic carbocycles. The van der Waals surface area contributed by atoms with Gasteiger partial charge in [-0.05, 0) is 12.0 Å². The topological polar surface area (TPSA) is 32.7 Å². The van der Waals surface area contributed by atoms with Crippen LogP contribution >= 0.6 is 0 Å². The molecule has 1 aromatic rings. The summed E-state index contributed by atoms with van der Waals surface area (Å²) in [5.41, 5.74) is 1.11. The molecule has 3 nitrogen and oxygen atoms in total. The molecule has 16 heavy (non-hydrogen) atoms. The number of carbonyl (C=O) groups excluding carboxylic acids is 1. The molecule has 0 heterocycles. The van der Waals surface area contributed by atoms with E-state index in [0.717, 1.165) is 25.1 Å². The maximum atomic E-state index is 10.9. The van der Waals surface area contributed by atoms with Gasteiger partial charge in [-0.3, -0.25) is 9.79 Å². The highest BCUT2D eigenvalue weighted by Crippen LogP contribution is 1.95. The molecule has 1 rings (SSSR count). The number of nitrogens with zero attached hydrogens (tertiary/aromatic N) is 2. The van der Waals surface area contributed by atoms with Gasteiger partial charge in [-0.1, -0.05) is 30.3 Å². The molecule has 3 heteroatoms. The number of aliphatic imine (C=N–C) groups is 1. The third-order valence-corrected chi connectivity index (χ3v) is 2.36. The Morgan fingerprint density at radius 1 is 1.38 bits per heavy atom. The second kappa shape index (κ2) is 6.77. The monoisotopic (exact) mass is 218 g/mol. The fourth-order valence-electron chi connectivity index (χ4n) is 1.27. The van der Waals surface area contributed by atoms with Gasteiger partial charge in [0, 0.05) is 33.3 Å². The molecule has 0 N–H and O–H groups in total. The van der Waals surface area contributed by atoms with Crippen molar-refractivity contribution < 1.29 is 4.79 Å². The Balaban J connectivity index is 2.21. The Hall–Kier alpha value is -1.64. The molecule has 0 radical (unpaired) electrons. The Bertz CT molecular complexity index is 346. The molecule has 0 spiro atoms. The molecule has 0 saturated heterocycles. The van der Waals surface area contributed by atoms with E-state index >= 15 is 0 Å². The molecule has 1 aromatic carbocycles. The summed E-state index contributed by atoms with van der Waals surface area (Å²) in [7, 11) is 1.81. The van der Waals surface area contributed by atoms with Crippen LogP contribution in [0.2, 0.25) is 0 Å². The minimum absolute atomic E-state index is 0.104. The maximum absolute atomic E-state index is 10.9. The first kappa shape index (κ1) is 12.4. The van der Waals surface area contributed by atoms with Gasteiger partial charge in [-0.25, -0.2) is 0 Å². The summed E-state index contributed by atoms with van der Waals surface area (Å²) in [6.07, 6.45) is 2.77. The normalized spacial score (nSPS) is 10.6. The first-order valence-electron chi connectivity index (χ1n) is 5.46. The van der Waals surface area contributed by atoms with Crippen molar-refractivity contribution in [3.63, 3.8) is 0 Å². The lowest BCUT2D eigenvalue weighted by atomic mass is 10.2. The summed E-state index contributed by atoms with van der Waals surface area (Å²) >= 11 is 0. The lowest BCUT2D eigenvalue weighted by molar-refractivity contribution is -0.127. The van der Waals surface area contributed by atoms with Crippen molar-refractivity contribution in [2.75, 3.05) is 20.1 Å². The Kier molecular flexibility index (Phi) is 5.26. The highest BCUT2D eigenvalue weighted by atomic mass is 16.2. The molecule has 0 aliphatic rings. The first-order valence-corrected chi connectivity index (χ1v) is 5.46. The zero-order chi connectivity index (χ0) is 11.8. The lowest BCUT2D eigenvalue weighted by Crippen LogP contribution is -2.25. The van der Waals surface area contributed by atoms with Crippen LogP contribution in [0.4, 0.5) is 0 Å². The van der Waals surface area contributed by atoms with Crippen LogP contribution < -0.4 is 0 Å². The molecule has 0 aromatic heterocycles. The quantitative estimate of drug-likeness (QED) is 0.549. The average molecular weight is 218 g/mol. The Morgan fingerprint density at radius 2 is 2.06 bits per heavy atom.